The third-order valence-electron chi connectivity index (χ3n) is 20.3. The molecule has 11 aromatic carbocycles. The second-order valence-electron chi connectivity index (χ2n) is 27.6. The number of carbonyl (C=O) groups is 1. The molecule has 1 nitrogen and oxygen atoms in total. The zero-order valence-corrected chi connectivity index (χ0v) is 63.0. The fraction of sp³-hybridized carbons (Fsp3) is 0.293. The molecule has 0 radical (unpaired) electrons. The summed E-state index contributed by atoms with van der Waals surface area (Å²) in [5.74, 6) is 0.0983. The van der Waals surface area contributed by atoms with E-state index in [0.717, 1.165) is 46.5 Å². The highest BCUT2D eigenvalue weighted by molar-refractivity contribution is 6.09. The summed E-state index contributed by atoms with van der Waals surface area (Å²) in [6, 6.07) is 58.1. The Morgan fingerprint density at radius 1 is 0.242 bits per heavy atom. The summed E-state index contributed by atoms with van der Waals surface area (Å²) in [6.45, 7) is 49.1. The third-order valence-corrected chi connectivity index (χ3v) is 20.3. The van der Waals surface area contributed by atoms with Crippen molar-refractivity contribution in [2.45, 2.75) is 184 Å². The van der Waals surface area contributed by atoms with Crippen molar-refractivity contribution in [2.24, 2.45) is 0 Å². The Balaban J connectivity index is 0.000000191. The average Bonchev–Trinajstić information content (AvgIpc) is 0.715. The highest BCUT2D eigenvalue weighted by Crippen LogP contribution is 2.56. The molecule has 0 aliphatic carbocycles. The standard InChI is InChI=1S/C19H18F6.C17H18O.2C16H18.C14H16.C10H14/c1-11-5-7-15(9-13(11)3)17(18(20,21)22,19(23,24)25)16-8-6-12(2)14(4)10-16;1-11-5-7-15(9-13(11)3)17(18)16-8-6-12(2)14(4)10-16;1-11-5-7-15(9-13(11)3)16-8-6-12(2)14(4)10-16;1-11-8-9-15(10-13(11)3)16-7-5-6-12(2)14(16)4;1-9-5-6-13-7-10(2)11(3)8-14(13)12(9)4;1-7-5-9(3)10(4)6-8(7)2/h5-10H,1-4H3;5-10H,1-4H3;2*5-10H,1-4H3;5-8H,1-4H3;5-6H,1-4H3. The highest BCUT2D eigenvalue weighted by atomic mass is 19.4. The maximum absolute atomic E-state index is 14.0. The predicted molar refractivity (Wildman–Crippen MR) is 410 cm³/mol. The minimum atomic E-state index is -5.55. The van der Waals surface area contributed by atoms with Crippen molar-refractivity contribution in [1.29, 1.82) is 0 Å². The topological polar surface area (TPSA) is 17.1 Å². The zero-order valence-electron chi connectivity index (χ0n) is 63.0. The van der Waals surface area contributed by atoms with E-state index >= 15 is 0 Å². The lowest BCUT2D eigenvalue weighted by molar-refractivity contribution is -0.288. The zero-order chi connectivity index (χ0) is 73.9. The lowest BCUT2D eigenvalue weighted by Crippen LogP contribution is -2.54. The van der Waals surface area contributed by atoms with Gasteiger partial charge in [-0.2, -0.15) is 26.3 Å². The molecule has 0 bridgehead atoms. The van der Waals surface area contributed by atoms with Gasteiger partial charge < -0.3 is 0 Å². The van der Waals surface area contributed by atoms with Crippen LogP contribution in [0.1, 0.15) is 161 Å². The number of hydrogen-bond acceptors (Lipinski definition) is 1. The van der Waals surface area contributed by atoms with Crippen LogP contribution in [0.5, 0.6) is 0 Å². The number of halogens is 6. The normalized spacial score (nSPS) is 11.2. The first-order chi connectivity index (χ1) is 46.2. The largest absolute Gasteiger partial charge is 0.411 e. The van der Waals surface area contributed by atoms with Crippen molar-refractivity contribution in [3.8, 4) is 22.3 Å². The van der Waals surface area contributed by atoms with E-state index in [4.69, 9.17) is 0 Å². The van der Waals surface area contributed by atoms with E-state index < -0.39 is 28.9 Å². The van der Waals surface area contributed by atoms with Gasteiger partial charge in [-0.05, 0) is 356 Å². The lowest BCUT2D eigenvalue weighted by Gasteiger charge is -2.38. The van der Waals surface area contributed by atoms with E-state index in [9.17, 15) is 31.1 Å². The molecule has 0 spiro atoms. The molecule has 0 aliphatic rings. The van der Waals surface area contributed by atoms with Crippen LogP contribution in [0, 0.1) is 166 Å². The molecule has 0 saturated carbocycles. The number of fused-ring (bicyclic) bond motifs is 1. The number of carbonyl (C=O) groups excluding carboxylic acids is 1. The van der Waals surface area contributed by atoms with E-state index in [1.807, 2.05) is 50.2 Å². The van der Waals surface area contributed by atoms with Crippen LogP contribution in [0.4, 0.5) is 26.3 Å². The maximum atomic E-state index is 14.0. The number of hydrogen-bond donors (Lipinski definition) is 0. The summed E-state index contributed by atoms with van der Waals surface area (Å²) in [4.78, 5) is 12.4. The van der Waals surface area contributed by atoms with Crippen LogP contribution in [0.2, 0.25) is 0 Å². The molecule has 99 heavy (non-hydrogen) atoms. The van der Waals surface area contributed by atoms with Gasteiger partial charge in [0.15, 0.2) is 5.78 Å². The summed E-state index contributed by atoms with van der Waals surface area (Å²) in [5, 5.41) is 2.75. The van der Waals surface area contributed by atoms with Crippen LogP contribution in [-0.2, 0) is 5.41 Å². The minimum Gasteiger partial charge on any atom is -0.289 e. The molecule has 7 heteroatoms. The van der Waals surface area contributed by atoms with Crippen molar-refractivity contribution in [2.75, 3.05) is 0 Å². The smallest absolute Gasteiger partial charge is 0.289 e. The quantitative estimate of drug-likeness (QED) is 0.120. The summed E-state index contributed by atoms with van der Waals surface area (Å²) in [6.07, 6.45) is -11.1. The Labute approximate surface area is 588 Å². The van der Waals surface area contributed by atoms with Crippen LogP contribution in [0.15, 0.2) is 182 Å². The molecule has 0 aliphatic heterocycles. The molecule has 0 saturated heterocycles. The molecule has 0 fully saturated rings. The molecule has 0 unspecified atom stereocenters. The van der Waals surface area contributed by atoms with Gasteiger partial charge in [0.1, 0.15) is 0 Å². The second kappa shape index (κ2) is 33.2. The van der Waals surface area contributed by atoms with Gasteiger partial charge in [0.2, 0.25) is 5.41 Å². The highest BCUT2D eigenvalue weighted by Gasteiger charge is 2.72. The van der Waals surface area contributed by atoms with E-state index in [-0.39, 0.29) is 5.78 Å². The molecule has 518 valence electrons. The Bertz CT molecular complexity index is 4480. The molecular weight excluding hydrogens is 1230 g/mol. The Hall–Kier alpha value is -9.07. The van der Waals surface area contributed by atoms with Crippen LogP contribution in [-0.4, -0.2) is 18.1 Å². The van der Waals surface area contributed by atoms with E-state index in [1.165, 1.54) is 159 Å². The fourth-order valence-electron chi connectivity index (χ4n) is 11.6. The monoisotopic (exact) mass is 1340 g/mol. The van der Waals surface area contributed by atoms with E-state index in [2.05, 4.69) is 234 Å². The van der Waals surface area contributed by atoms with Gasteiger partial charge in [0.25, 0.3) is 0 Å². The SMILES string of the molecule is Cc1cc(C)c(C)cc1C.Cc1cc2ccc(C)c(C)c2cc1C.Cc1ccc(-c2ccc(C)c(C)c2)cc1C.Cc1ccc(-c2cccc(C)c2C)cc1C.Cc1ccc(C(=O)c2ccc(C)c(C)c2)cc1C.Cc1ccc(C(c2ccc(C)c(C)c2)(C(F)(F)F)C(F)(F)F)cc1C. The van der Waals surface area contributed by atoms with Gasteiger partial charge in [-0.25, -0.2) is 0 Å². The summed E-state index contributed by atoms with van der Waals surface area (Å²) < 4.78 is 83.9. The van der Waals surface area contributed by atoms with Crippen LogP contribution in [0.3, 0.4) is 0 Å². The molecular formula is C92H102F6O. The average molecular weight is 1340 g/mol. The fourth-order valence-corrected chi connectivity index (χ4v) is 11.6. The number of benzene rings is 11. The molecule has 11 aromatic rings. The Morgan fingerprint density at radius 3 is 0.899 bits per heavy atom. The molecule has 0 atom stereocenters. The Kier molecular flexibility index (Phi) is 26.5. The first-order valence-electron chi connectivity index (χ1n) is 34.0. The van der Waals surface area contributed by atoms with Crippen LogP contribution < -0.4 is 0 Å². The van der Waals surface area contributed by atoms with Crippen molar-refractivity contribution >= 4 is 16.6 Å². The third kappa shape index (κ3) is 19.2. The molecule has 0 amide bonds. The predicted octanol–water partition coefficient (Wildman–Crippen LogP) is 26.7. The minimum absolute atomic E-state index is 0.0983. The number of rotatable bonds is 6. The Morgan fingerprint density at radius 2 is 0.535 bits per heavy atom. The van der Waals surface area contributed by atoms with Gasteiger partial charge in [0, 0.05) is 11.1 Å². The van der Waals surface area contributed by atoms with Crippen LogP contribution in [0.25, 0.3) is 33.0 Å². The summed E-state index contributed by atoms with van der Waals surface area (Å²) in [5.41, 5.74) is 29.8. The molecule has 0 N–H and O–H groups in total. The van der Waals surface area contributed by atoms with E-state index in [1.54, 1.807) is 13.8 Å². The lowest BCUT2D eigenvalue weighted by atomic mass is 9.71. The first-order valence-corrected chi connectivity index (χ1v) is 34.0. The molecule has 0 heterocycles. The van der Waals surface area contributed by atoms with Gasteiger partial charge >= 0.3 is 12.4 Å². The number of alkyl halides is 6. The van der Waals surface area contributed by atoms with Gasteiger partial charge in [-0.15, -0.1) is 0 Å². The number of aryl methyl sites for hydroxylation is 23. The summed E-state index contributed by atoms with van der Waals surface area (Å²) >= 11 is 0. The number of ketones is 1. The molecule has 0 aromatic heterocycles. The van der Waals surface area contributed by atoms with Gasteiger partial charge in [-0.3, -0.25) is 4.79 Å². The van der Waals surface area contributed by atoms with Crippen molar-refractivity contribution in [3.63, 3.8) is 0 Å². The van der Waals surface area contributed by atoms with Gasteiger partial charge in [0.05, 0.1) is 0 Å². The van der Waals surface area contributed by atoms with Crippen molar-refractivity contribution < 1.29 is 31.1 Å². The van der Waals surface area contributed by atoms with Gasteiger partial charge in [-0.1, -0.05) is 170 Å². The van der Waals surface area contributed by atoms with Crippen molar-refractivity contribution in [3.05, 3.63) is 338 Å². The second-order valence-corrected chi connectivity index (χ2v) is 27.6. The van der Waals surface area contributed by atoms with Crippen molar-refractivity contribution in [1.82, 2.24) is 0 Å². The van der Waals surface area contributed by atoms with E-state index in [0.29, 0.717) is 22.3 Å². The van der Waals surface area contributed by atoms with Crippen LogP contribution >= 0.6 is 0 Å². The summed E-state index contributed by atoms with van der Waals surface area (Å²) in [7, 11) is 0. The maximum Gasteiger partial charge on any atom is 0.411 e. The molecule has 11 rings (SSSR count). The first kappa shape index (κ1) is 78.9.